The maximum absolute atomic E-state index is 12.6. The molecule has 0 aromatic rings. The van der Waals surface area contributed by atoms with Crippen LogP contribution in [0.5, 0.6) is 0 Å². The van der Waals surface area contributed by atoms with Crippen molar-refractivity contribution in [1.29, 1.82) is 5.26 Å². The molecule has 1 unspecified atom stereocenters. The molecular formula is C14H20N2O4. The zero-order chi connectivity index (χ0) is 14.6. The van der Waals surface area contributed by atoms with Crippen LogP contribution in [0.2, 0.25) is 0 Å². The van der Waals surface area contributed by atoms with E-state index in [0.717, 1.165) is 12.8 Å². The lowest BCUT2D eigenvalue weighted by Gasteiger charge is -2.36. The second-order valence-electron chi connectivity index (χ2n) is 5.43. The van der Waals surface area contributed by atoms with Gasteiger partial charge in [0.05, 0.1) is 32.3 Å². The van der Waals surface area contributed by atoms with Crippen molar-refractivity contribution in [2.45, 2.75) is 38.2 Å². The van der Waals surface area contributed by atoms with E-state index >= 15 is 0 Å². The summed E-state index contributed by atoms with van der Waals surface area (Å²) in [5, 5.41) is 9.36. The van der Waals surface area contributed by atoms with Gasteiger partial charge in [-0.15, -0.1) is 0 Å². The minimum absolute atomic E-state index is 0.101. The SMILES string of the molecule is COC(=O)CC1CN(C(=O)C2(C#N)CCCC2)CCO1. The largest absolute Gasteiger partial charge is 0.469 e. The molecule has 1 saturated heterocycles. The van der Waals surface area contributed by atoms with Gasteiger partial charge in [0, 0.05) is 13.1 Å². The van der Waals surface area contributed by atoms with Crippen LogP contribution >= 0.6 is 0 Å². The Kier molecular flexibility index (Phi) is 4.61. The van der Waals surface area contributed by atoms with E-state index in [1.165, 1.54) is 7.11 Å². The van der Waals surface area contributed by atoms with Gasteiger partial charge in [0.1, 0.15) is 5.41 Å². The molecule has 6 nitrogen and oxygen atoms in total. The van der Waals surface area contributed by atoms with Crippen LogP contribution in [0.4, 0.5) is 0 Å². The van der Waals surface area contributed by atoms with Crippen molar-refractivity contribution < 1.29 is 19.1 Å². The summed E-state index contributed by atoms with van der Waals surface area (Å²) in [6, 6.07) is 2.22. The number of hydrogen-bond donors (Lipinski definition) is 0. The number of methoxy groups -OCH3 is 1. The highest BCUT2D eigenvalue weighted by molar-refractivity contribution is 5.86. The summed E-state index contributed by atoms with van der Waals surface area (Å²) < 4.78 is 10.1. The topological polar surface area (TPSA) is 79.6 Å². The predicted octanol–water partition coefficient (Wildman–Crippen LogP) is 0.861. The average Bonchev–Trinajstić information content (AvgIpc) is 2.96. The first kappa shape index (κ1) is 14.8. The third kappa shape index (κ3) is 2.93. The molecule has 0 radical (unpaired) electrons. The fraction of sp³-hybridized carbons (Fsp3) is 0.786. The van der Waals surface area contributed by atoms with Gasteiger partial charge < -0.3 is 14.4 Å². The highest BCUT2D eigenvalue weighted by atomic mass is 16.5. The maximum Gasteiger partial charge on any atom is 0.308 e. The molecule has 2 aliphatic rings. The van der Waals surface area contributed by atoms with Crippen LogP contribution in [-0.4, -0.2) is 49.7 Å². The Morgan fingerprint density at radius 3 is 2.75 bits per heavy atom. The molecule has 1 amide bonds. The lowest BCUT2D eigenvalue weighted by molar-refractivity contribution is -0.153. The first-order valence-electron chi connectivity index (χ1n) is 7.00. The zero-order valence-corrected chi connectivity index (χ0v) is 11.8. The molecular weight excluding hydrogens is 260 g/mol. The smallest absolute Gasteiger partial charge is 0.308 e. The highest BCUT2D eigenvalue weighted by Crippen LogP contribution is 2.39. The molecule has 2 rings (SSSR count). The molecule has 20 heavy (non-hydrogen) atoms. The zero-order valence-electron chi connectivity index (χ0n) is 11.8. The quantitative estimate of drug-likeness (QED) is 0.716. The van der Waals surface area contributed by atoms with Crippen LogP contribution in [-0.2, 0) is 19.1 Å². The first-order valence-corrected chi connectivity index (χ1v) is 7.00. The Balaban J connectivity index is 2.00. The Morgan fingerprint density at radius 2 is 2.15 bits per heavy atom. The van der Waals surface area contributed by atoms with E-state index in [2.05, 4.69) is 10.8 Å². The van der Waals surface area contributed by atoms with E-state index < -0.39 is 5.41 Å². The molecule has 110 valence electrons. The number of nitriles is 1. The predicted molar refractivity (Wildman–Crippen MR) is 69.5 cm³/mol. The average molecular weight is 280 g/mol. The molecule has 1 aliphatic heterocycles. The van der Waals surface area contributed by atoms with Crippen LogP contribution < -0.4 is 0 Å². The lowest BCUT2D eigenvalue weighted by Crippen LogP contribution is -2.51. The number of morpholine rings is 1. The van der Waals surface area contributed by atoms with E-state index in [1.54, 1.807) is 4.90 Å². The summed E-state index contributed by atoms with van der Waals surface area (Å²) in [4.78, 5) is 25.5. The van der Waals surface area contributed by atoms with E-state index in [9.17, 15) is 14.9 Å². The van der Waals surface area contributed by atoms with Crippen molar-refractivity contribution in [3.63, 3.8) is 0 Å². The van der Waals surface area contributed by atoms with Gasteiger partial charge in [-0.3, -0.25) is 9.59 Å². The van der Waals surface area contributed by atoms with Gasteiger partial charge in [-0.05, 0) is 12.8 Å². The van der Waals surface area contributed by atoms with Crippen LogP contribution in [0.25, 0.3) is 0 Å². The Labute approximate surface area is 118 Å². The van der Waals surface area contributed by atoms with Crippen LogP contribution in [0, 0.1) is 16.7 Å². The molecule has 1 aliphatic carbocycles. The highest BCUT2D eigenvalue weighted by Gasteiger charge is 2.45. The standard InChI is InChI=1S/C14H20N2O4/c1-19-12(17)8-11-9-16(6-7-20-11)13(18)14(10-15)4-2-3-5-14/h11H,2-9H2,1H3. The summed E-state index contributed by atoms with van der Waals surface area (Å²) in [7, 11) is 1.33. The minimum Gasteiger partial charge on any atom is -0.469 e. The monoisotopic (exact) mass is 280 g/mol. The molecule has 0 aromatic carbocycles. The van der Waals surface area contributed by atoms with E-state index in [4.69, 9.17) is 4.74 Å². The maximum atomic E-state index is 12.6. The van der Waals surface area contributed by atoms with Gasteiger partial charge in [-0.25, -0.2) is 0 Å². The van der Waals surface area contributed by atoms with Crippen molar-refractivity contribution in [2.75, 3.05) is 26.8 Å². The van der Waals surface area contributed by atoms with Gasteiger partial charge in [0.2, 0.25) is 5.91 Å². The summed E-state index contributed by atoms with van der Waals surface area (Å²) >= 11 is 0. The molecule has 6 heteroatoms. The van der Waals surface area contributed by atoms with Gasteiger partial charge in [-0.2, -0.15) is 5.26 Å². The number of esters is 1. The summed E-state index contributed by atoms with van der Waals surface area (Å²) in [5.74, 6) is -0.448. The van der Waals surface area contributed by atoms with Crippen molar-refractivity contribution in [3.8, 4) is 6.07 Å². The van der Waals surface area contributed by atoms with Crippen LogP contribution in [0.15, 0.2) is 0 Å². The van der Waals surface area contributed by atoms with Crippen LogP contribution in [0.1, 0.15) is 32.1 Å². The fourth-order valence-corrected chi connectivity index (χ4v) is 2.95. The van der Waals surface area contributed by atoms with Crippen molar-refractivity contribution >= 4 is 11.9 Å². The Bertz CT molecular complexity index is 423. The van der Waals surface area contributed by atoms with Gasteiger partial charge >= 0.3 is 5.97 Å². The van der Waals surface area contributed by atoms with E-state index in [-0.39, 0.29) is 24.4 Å². The molecule has 1 heterocycles. The number of hydrogen-bond acceptors (Lipinski definition) is 5. The minimum atomic E-state index is -0.854. The number of ether oxygens (including phenoxy) is 2. The van der Waals surface area contributed by atoms with Gasteiger partial charge in [-0.1, -0.05) is 12.8 Å². The Morgan fingerprint density at radius 1 is 1.45 bits per heavy atom. The van der Waals surface area contributed by atoms with E-state index in [0.29, 0.717) is 32.5 Å². The lowest BCUT2D eigenvalue weighted by atomic mass is 9.86. The molecule has 2 fully saturated rings. The number of nitrogens with zero attached hydrogens (tertiary/aromatic N) is 2. The molecule has 0 aromatic heterocycles. The molecule has 0 N–H and O–H groups in total. The molecule has 0 bridgehead atoms. The van der Waals surface area contributed by atoms with Gasteiger partial charge in [0.15, 0.2) is 0 Å². The van der Waals surface area contributed by atoms with Crippen LogP contribution in [0.3, 0.4) is 0 Å². The Hall–Kier alpha value is -1.61. The molecule has 1 saturated carbocycles. The van der Waals surface area contributed by atoms with E-state index in [1.807, 2.05) is 0 Å². The summed E-state index contributed by atoms with van der Waals surface area (Å²) in [6.07, 6.45) is 2.94. The number of carbonyl (C=O) groups excluding carboxylic acids is 2. The third-order valence-corrected chi connectivity index (χ3v) is 4.13. The summed E-state index contributed by atoms with van der Waals surface area (Å²) in [6.45, 7) is 1.24. The molecule has 1 atom stereocenters. The second kappa shape index (κ2) is 6.23. The first-order chi connectivity index (χ1) is 9.61. The third-order valence-electron chi connectivity index (χ3n) is 4.13. The molecule has 0 spiro atoms. The number of amides is 1. The normalized spacial score (nSPS) is 25.0. The number of rotatable bonds is 3. The van der Waals surface area contributed by atoms with Crippen molar-refractivity contribution in [3.05, 3.63) is 0 Å². The van der Waals surface area contributed by atoms with Crippen molar-refractivity contribution in [1.82, 2.24) is 4.90 Å². The van der Waals surface area contributed by atoms with Gasteiger partial charge in [0.25, 0.3) is 0 Å². The van der Waals surface area contributed by atoms with Crippen molar-refractivity contribution in [2.24, 2.45) is 5.41 Å². The fourth-order valence-electron chi connectivity index (χ4n) is 2.95. The summed E-state index contributed by atoms with van der Waals surface area (Å²) in [5.41, 5.74) is -0.854. The number of carbonyl (C=O) groups is 2. The second-order valence-corrected chi connectivity index (χ2v) is 5.43.